The molecule has 0 saturated carbocycles. The highest BCUT2D eigenvalue weighted by Crippen LogP contribution is 2.29. The van der Waals surface area contributed by atoms with Gasteiger partial charge in [-0.2, -0.15) is 0 Å². The standard InChI is InChI=1S/C14H14ClN5/c15-10-1-2-11-12(7-10)20-8-17-19-14(20)13(18-11)9-3-5-16-6-4-9/h1-2,7-9,16H,3-6H2. The minimum absolute atomic E-state index is 0.447. The number of nitrogens with one attached hydrogen (secondary N) is 1. The molecule has 3 aromatic rings. The van der Waals surface area contributed by atoms with Crippen LogP contribution in [0.3, 0.4) is 0 Å². The zero-order valence-electron chi connectivity index (χ0n) is 10.9. The van der Waals surface area contributed by atoms with Gasteiger partial charge in [0.15, 0.2) is 5.65 Å². The van der Waals surface area contributed by atoms with Crippen molar-refractivity contribution in [3.63, 3.8) is 0 Å². The summed E-state index contributed by atoms with van der Waals surface area (Å²) in [7, 11) is 0. The maximum atomic E-state index is 6.08. The molecule has 1 aliphatic rings. The Labute approximate surface area is 121 Å². The van der Waals surface area contributed by atoms with E-state index in [4.69, 9.17) is 16.6 Å². The number of benzene rings is 1. The number of rotatable bonds is 1. The SMILES string of the molecule is Clc1ccc2nc(C3CCNCC3)c3nncn3c2c1. The van der Waals surface area contributed by atoms with E-state index >= 15 is 0 Å². The molecule has 2 aromatic heterocycles. The third kappa shape index (κ3) is 1.85. The van der Waals surface area contributed by atoms with E-state index in [0.717, 1.165) is 48.3 Å². The van der Waals surface area contributed by atoms with Crippen LogP contribution in [0.5, 0.6) is 0 Å². The van der Waals surface area contributed by atoms with Crippen LogP contribution in [0.4, 0.5) is 0 Å². The maximum absolute atomic E-state index is 6.08. The second-order valence-corrected chi connectivity index (χ2v) is 5.62. The lowest BCUT2D eigenvalue weighted by molar-refractivity contribution is 0.455. The van der Waals surface area contributed by atoms with Crippen LogP contribution in [0.15, 0.2) is 24.5 Å². The van der Waals surface area contributed by atoms with Crippen molar-refractivity contribution in [2.24, 2.45) is 0 Å². The summed E-state index contributed by atoms with van der Waals surface area (Å²) < 4.78 is 1.99. The quantitative estimate of drug-likeness (QED) is 0.747. The molecule has 1 N–H and O–H groups in total. The summed E-state index contributed by atoms with van der Waals surface area (Å²) >= 11 is 6.08. The van der Waals surface area contributed by atoms with Crippen LogP contribution in [0.25, 0.3) is 16.7 Å². The van der Waals surface area contributed by atoms with E-state index in [9.17, 15) is 0 Å². The molecule has 1 fully saturated rings. The van der Waals surface area contributed by atoms with Gasteiger partial charge in [0.2, 0.25) is 0 Å². The van der Waals surface area contributed by atoms with Crippen molar-refractivity contribution >= 4 is 28.3 Å². The van der Waals surface area contributed by atoms with E-state index in [1.54, 1.807) is 6.33 Å². The molecule has 102 valence electrons. The van der Waals surface area contributed by atoms with Gasteiger partial charge in [0.1, 0.15) is 6.33 Å². The van der Waals surface area contributed by atoms with Crippen molar-refractivity contribution < 1.29 is 0 Å². The molecule has 1 saturated heterocycles. The van der Waals surface area contributed by atoms with Crippen LogP contribution in [0.2, 0.25) is 5.02 Å². The van der Waals surface area contributed by atoms with Gasteiger partial charge < -0.3 is 5.32 Å². The molecular formula is C14H14ClN5. The molecule has 0 unspecified atom stereocenters. The minimum Gasteiger partial charge on any atom is -0.317 e. The molecular weight excluding hydrogens is 274 g/mol. The van der Waals surface area contributed by atoms with E-state index in [0.29, 0.717) is 10.9 Å². The number of fused-ring (bicyclic) bond motifs is 3. The molecule has 6 heteroatoms. The third-order valence-electron chi connectivity index (χ3n) is 3.94. The Morgan fingerprint density at radius 2 is 2.10 bits per heavy atom. The predicted molar refractivity (Wildman–Crippen MR) is 78.1 cm³/mol. The van der Waals surface area contributed by atoms with Crippen LogP contribution in [-0.2, 0) is 0 Å². The summed E-state index contributed by atoms with van der Waals surface area (Å²) in [6.45, 7) is 2.07. The lowest BCUT2D eigenvalue weighted by Gasteiger charge is -2.22. The molecule has 0 spiro atoms. The average molecular weight is 288 g/mol. The highest BCUT2D eigenvalue weighted by molar-refractivity contribution is 6.31. The van der Waals surface area contributed by atoms with Crippen molar-refractivity contribution in [2.45, 2.75) is 18.8 Å². The number of aromatic nitrogens is 4. The van der Waals surface area contributed by atoms with Crippen molar-refractivity contribution in [1.82, 2.24) is 24.9 Å². The fourth-order valence-electron chi connectivity index (χ4n) is 2.92. The van der Waals surface area contributed by atoms with Crippen molar-refractivity contribution in [3.05, 3.63) is 35.2 Å². The Kier molecular flexibility index (Phi) is 2.82. The lowest BCUT2D eigenvalue weighted by atomic mass is 9.94. The largest absolute Gasteiger partial charge is 0.317 e. The highest BCUT2D eigenvalue weighted by atomic mass is 35.5. The van der Waals surface area contributed by atoms with Crippen LogP contribution < -0.4 is 5.32 Å². The Morgan fingerprint density at radius 1 is 1.25 bits per heavy atom. The lowest BCUT2D eigenvalue weighted by Crippen LogP contribution is -2.27. The van der Waals surface area contributed by atoms with Crippen LogP contribution in [-0.4, -0.2) is 32.7 Å². The Morgan fingerprint density at radius 3 is 2.95 bits per heavy atom. The second kappa shape index (κ2) is 4.68. The van der Waals surface area contributed by atoms with Gasteiger partial charge in [-0.3, -0.25) is 4.40 Å². The van der Waals surface area contributed by atoms with Gasteiger partial charge in [0, 0.05) is 10.9 Å². The zero-order valence-corrected chi connectivity index (χ0v) is 11.6. The first kappa shape index (κ1) is 12.1. The Balaban J connectivity index is 1.99. The van der Waals surface area contributed by atoms with Gasteiger partial charge >= 0.3 is 0 Å². The molecule has 0 amide bonds. The first-order valence-electron chi connectivity index (χ1n) is 6.82. The van der Waals surface area contributed by atoms with Gasteiger partial charge in [-0.05, 0) is 44.1 Å². The normalized spacial score (nSPS) is 17.1. The first-order chi connectivity index (χ1) is 9.83. The van der Waals surface area contributed by atoms with Crippen molar-refractivity contribution in [2.75, 3.05) is 13.1 Å². The van der Waals surface area contributed by atoms with E-state index in [2.05, 4.69) is 15.5 Å². The second-order valence-electron chi connectivity index (χ2n) is 5.18. The van der Waals surface area contributed by atoms with Gasteiger partial charge in [-0.15, -0.1) is 10.2 Å². The monoisotopic (exact) mass is 287 g/mol. The summed E-state index contributed by atoms with van der Waals surface area (Å²) in [5.41, 5.74) is 3.80. The molecule has 20 heavy (non-hydrogen) atoms. The Bertz CT molecular complexity index is 776. The van der Waals surface area contributed by atoms with Gasteiger partial charge in [0.25, 0.3) is 0 Å². The van der Waals surface area contributed by atoms with Crippen molar-refractivity contribution in [3.8, 4) is 0 Å². The van der Waals surface area contributed by atoms with Crippen LogP contribution >= 0.6 is 11.6 Å². The summed E-state index contributed by atoms with van der Waals surface area (Å²) in [6, 6.07) is 5.74. The van der Waals surface area contributed by atoms with Gasteiger partial charge in [-0.1, -0.05) is 11.6 Å². The van der Waals surface area contributed by atoms with Crippen LogP contribution in [0, 0.1) is 0 Å². The molecule has 5 nitrogen and oxygen atoms in total. The molecule has 4 rings (SSSR count). The van der Waals surface area contributed by atoms with Gasteiger partial charge in [-0.25, -0.2) is 4.98 Å². The van der Waals surface area contributed by atoms with E-state index in [1.165, 1.54) is 0 Å². The topological polar surface area (TPSA) is 55.1 Å². The number of halogens is 1. The summed E-state index contributed by atoms with van der Waals surface area (Å²) in [6.07, 6.45) is 3.92. The molecule has 0 atom stereocenters. The molecule has 3 heterocycles. The predicted octanol–water partition coefficient (Wildman–Crippen LogP) is 2.40. The summed E-state index contributed by atoms with van der Waals surface area (Å²) in [5, 5.41) is 12.4. The van der Waals surface area contributed by atoms with E-state index < -0.39 is 0 Å². The average Bonchev–Trinajstić information content (AvgIpc) is 2.97. The summed E-state index contributed by atoms with van der Waals surface area (Å²) in [4.78, 5) is 4.83. The smallest absolute Gasteiger partial charge is 0.183 e. The molecule has 0 bridgehead atoms. The fourth-order valence-corrected chi connectivity index (χ4v) is 3.09. The van der Waals surface area contributed by atoms with Gasteiger partial charge in [0.05, 0.1) is 16.7 Å². The van der Waals surface area contributed by atoms with Crippen LogP contribution in [0.1, 0.15) is 24.5 Å². The van der Waals surface area contributed by atoms with E-state index in [1.807, 2.05) is 22.6 Å². The maximum Gasteiger partial charge on any atom is 0.183 e. The fraction of sp³-hybridized carbons (Fsp3) is 0.357. The molecule has 0 radical (unpaired) electrons. The summed E-state index contributed by atoms with van der Waals surface area (Å²) in [5.74, 6) is 0.447. The minimum atomic E-state index is 0.447. The number of hydrogen-bond acceptors (Lipinski definition) is 4. The van der Waals surface area contributed by atoms with Crippen molar-refractivity contribution in [1.29, 1.82) is 0 Å². The van der Waals surface area contributed by atoms with E-state index in [-0.39, 0.29) is 0 Å². The number of hydrogen-bond donors (Lipinski definition) is 1. The molecule has 0 aliphatic carbocycles. The Hall–Kier alpha value is -1.72. The zero-order chi connectivity index (χ0) is 13.5. The molecule has 1 aromatic carbocycles. The third-order valence-corrected chi connectivity index (χ3v) is 4.18. The number of piperidine rings is 1. The highest BCUT2D eigenvalue weighted by Gasteiger charge is 2.21. The number of nitrogens with zero attached hydrogens (tertiary/aromatic N) is 4. The first-order valence-corrected chi connectivity index (χ1v) is 7.20. The molecule has 1 aliphatic heterocycles.